The molecule has 0 aliphatic heterocycles. The Hall–Kier alpha value is -0.570. The topological polar surface area (TPSA) is 63.3 Å². The van der Waals surface area contributed by atoms with E-state index in [0.717, 1.165) is 12.8 Å². The summed E-state index contributed by atoms with van der Waals surface area (Å²) in [7, 11) is 0. The Bertz CT molecular complexity index is 147. The molecule has 3 atom stereocenters. The Kier molecular flexibility index (Phi) is 1.94. The summed E-state index contributed by atoms with van der Waals surface area (Å²) in [6.45, 7) is 1.91. The summed E-state index contributed by atoms with van der Waals surface area (Å²) in [4.78, 5) is 10.5. The zero-order valence-corrected chi connectivity index (χ0v) is 6.08. The van der Waals surface area contributed by atoms with Gasteiger partial charge in [-0.3, -0.25) is 4.79 Å². The van der Waals surface area contributed by atoms with Gasteiger partial charge in [0.15, 0.2) is 0 Å². The first-order valence-corrected chi connectivity index (χ1v) is 3.61. The van der Waals surface area contributed by atoms with Gasteiger partial charge in [0.25, 0.3) is 0 Å². The quantitative estimate of drug-likeness (QED) is 0.560. The summed E-state index contributed by atoms with van der Waals surface area (Å²) in [6, 6.07) is 0.0982. The first kappa shape index (κ1) is 7.54. The lowest BCUT2D eigenvalue weighted by molar-refractivity contribution is -0.142. The molecule has 0 saturated heterocycles. The molecule has 1 rings (SSSR count). The van der Waals surface area contributed by atoms with Crippen LogP contribution in [0.1, 0.15) is 19.8 Å². The second-order valence-electron chi connectivity index (χ2n) is 3.05. The lowest BCUT2D eigenvalue weighted by atomic mass is 9.96. The number of hydrogen-bond acceptors (Lipinski definition) is 2. The molecule has 0 aromatic heterocycles. The lowest BCUT2D eigenvalue weighted by Crippen LogP contribution is -2.28. The molecule has 58 valence electrons. The van der Waals surface area contributed by atoms with Crippen LogP contribution in [-0.4, -0.2) is 17.1 Å². The van der Waals surface area contributed by atoms with Crippen LogP contribution in [0.4, 0.5) is 0 Å². The highest BCUT2D eigenvalue weighted by atomic mass is 16.4. The maximum Gasteiger partial charge on any atom is 0.306 e. The second kappa shape index (κ2) is 2.58. The van der Waals surface area contributed by atoms with Crippen LogP contribution in [0.2, 0.25) is 0 Å². The summed E-state index contributed by atoms with van der Waals surface area (Å²) in [5.74, 6) is -0.743. The number of rotatable bonds is 1. The van der Waals surface area contributed by atoms with Crippen molar-refractivity contribution in [3.05, 3.63) is 0 Å². The third-order valence-electron chi connectivity index (χ3n) is 2.44. The molecule has 0 heterocycles. The maximum absolute atomic E-state index is 10.5. The number of hydrogen-bond donors (Lipinski definition) is 2. The number of carbonyl (C=O) groups is 1. The van der Waals surface area contributed by atoms with Crippen LogP contribution in [0.3, 0.4) is 0 Å². The fourth-order valence-electron chi connectivity index (χ4n) is 1.54. The van der Waals surface area contributed by atoms with E-state index in [2.05, 4.69) is 0 Å². The molecule has 0 amide bonds. The third kappa shape index (κ3) is 1.14. The smallest absolute Gasteiger partial charge is 0.306 e. The van der Waals surface area contributed by atoms with E-state index in [4.69, 9.17) is 10.8 Å². The average molecular weight is 143 g/mol. The molecule has 0 spiro atoms. The molecule has 0 bridgehead atoms. The predicted molar refractivity (Wildman–Crippen MR) is 37.5 cm³/mol. The van der Waals surface area contributed by atoms with Crippen molar-refractivity contribution in [3.8, 4) is 0 Å². The predicted octanol–water partition coefficient (Wildman–Crippen LogP) is 0.444. The molecule has 3 N–H and O–H groups in total. The van der Waals surface area contributed by atoms with Crippen LogP contribution in [0.15, 0.2) is 0 Å². The van der Waals surface area contributed by atoms with Crippen molar-refractivity contribution < 1.29 is 9.90 Å². The average Bonchev–Trinajstić information content (AvgIpc) is 2.14. The van der Waals surface area contributed by atoms with Crippen molar-refractivity contribution in [2.75, 3.05) is 0 Å². The van der Waals surface area contributed by atoms with Gasteiger partial charge < -0.3 is 10.8 Å². The van der Waals surface area contributed by atoms with Gasteiger partial charge in [-0.2, -0.15) is 0 Å². The minimum Gasteiger partial charge on any atom is -0.481 e. The highest BCUT2D eigenvalue weighted by Gasteiger charge is 2.34. The Balaban J connectivity index is 2.57. The fraction of sp³-hybridized carbons (Fsp3) is 0.857. The Morgan fingerprint density at radius 3 is 2.40 bits per heavy atom. The molecule has 1 unspecified atom stereocenters. The van der Waals surface area contributed by atoms with E-state index in [1.54, 1.807) is 0 Å². The normalized spacial score (nSPS) is 40.0. The summed E-state index contributed by atoms with van der Waals surface area (Å²) in [5.41, 5.74) is 5.64. The summed E-state index contributed by atoms with van der Waals surface area (Å²) < 4.78 is 0. The van der Waals surface area contributed by atoms with Crippen molar-refractivity contribution >= 4 is 5.97 Å². The molecule has 0 radical (unpaired) electrons. The highest BCUT2D eigenvalue weighted by Crippen LogP contribution is 2.30. The summed E-state index contributed by atoms with van der Waals surface area (Å²) in [5, 5.41) is 8.65. The van der Waals surface area contributed by atoms with Crippen LogP contribution < -0.4 is 5.73 Å². The van der Waals surface area contributed by atoms with Crippen molar-refractivity contribution in [2.24, 2.45) is 17.6 Å². The first-order valence-electron chi connectivity index (χ1n) is 3.61. The maximum atomic E-state index is 10.5. The molecule has 1 aliphatic carbocycles. The van der Waals surface area contributed by atoms with E-state index in [9.17, 15) is 4.79 Å². The Morgan fingerprint density at radius 2 is 2.20 bits per heavy atom. The van der Waals surface area contributed by atoms with E-state index >= 15 is 0 Å². The van der Waals surface area contributed by atoms with Gasteiger partial charge in [0.1, 0.15) is 0 Å². The van der Waals surface area contributed by atoms with Gasteiger partial charge in [-0.05, 0) is 18.8 Å². The SMILES string of the molecule is C[C@@H]1C(C(=O)O)CC[C@@H]1N. The second-order valence-corrected chi connectivity index (χ2v) is 3.05. The van der Waals surface area contributed by atoms with E-state index < -0.39 is 5.97 Å². The molecular formula is C7H13NO2. The highest BCUT2D eigenvalue weighted by molar-refractivity contribution is 5.70. The molecule has 3 heteroatoms. The van der Waals surface area contributed by atoms with E-state index in [1.807, 2.05) is 6.92 Å². The molecular weight excluding hydrogens is 130 g/mol. The number of carboxylic acids is 1. The van der Waals surface area contributed by atoms with E-state index in [-0.39, 0.29) is 17.9 Å². The molecule has 0 aromatic carbocycles. The Labute approximate surface area is 60.2 Å². The minimum absolute atomic E-state index is 0.0982. The van der Waals surface area contributed by atoms with Crippen molar-refractivity contribution in [2.45, 2.75) is 25.8 Å². The fourth-order valence-corrected chi connectivity index (χ4v) is 1.54. The monoisotopic (exact) mass is 143 g/mol. The van der Waals surface area contributed by atoms with Crippen LogP contribution in [-0.2, 0) is 4.79 Å². The number of carboxylic acid groups (broad SMARTS) is 1. The van der Waals surface area contributed by atoms with Gasteiger partial charge >= 0.3 is 5.97 Å². The largest absolute Gasteiger partial charge is 0.481 e. The van der Waals surface area contributed by atoms with E-state index in [0.29, 0.717) is 0 Å². The van der Waals surface area contributed by atoms with Crippen molar-refractivity contribution in [1.29, 1.82) is 0 Å². The number of aliphatic carboxylic acids is 1. The molecule has 10 heavy (non-hydrogen) atoms. The zero-order valence-electron chi connectivity index (χ0n) is 6.08. The van der Waals surface area contributed by atoms with Gasteiger partial charge in [0.05, 0.1) is 5.92 Å². The van der Waals surface area contributed by atoms with Crippen LogP contribution in [0.25, 0.3) is 0 Å². The standard InChI is InChI=1S/C7H13NO2/c1-4-5(7(9)10)2-3-6(4)8/h4-6H,2-3,8H2,1H3,(H,9,10)/t4-,5?,6+/m1/s1. The Morgan fingerprint density at radius 1 is 1.60 bits per heavy atom. The molecule has 1 fully saturated rings. The molecule has 3 nitrogen and oxygen atoms in total. The third-order valence-corrected chi connectivity index (χ3v) is 2.44. The summed E-state index contributed by atoms with van der Waals surface area (Å²) in [6.07, 6.45) is 1.61. The minimum atomic E-state index is -0.694. The van der Waals surface area contributed by atoms with Gasteiger partial charge in [0, 0.05) is 6.04 Å². The molecule has 0 aromatic rings. The number of nitrogens with two attached hydrogens (primary N) is 1. The van der Waals surface area contributed by atoms with Gasteiger partial charge in [0.2, 0.25) is 0 Å². The van der Waals surface area contributed by atoms with Crippen molar-refractivity contribution in [1.82, 2.24) is 0 Å². The van der Waals surface area contributed by atoms with Gasteiger partial charge in [-0.15, -0.1) is 0 Å². The summed E-state index contributed by atoms with van der Waals surface area (Å²) >= 11 is 0. The van der Waals surface area contributed by atoms with Crippen LogP contribution in [0.5, 0.6) is 0 Å². The lowest BCUT2D eigenvalue weighted by Gasteiger charge is -2.12. The van der Waals surface area contributed by atoms with Crippen LogP contribution in [0, 0.1) is 11.8 Å². The van der Waals surface area contributed by atoms with Gasteiger partial charge in [-0.25, -0.2) is 0 Å². The van der Waals surface area contributed by atoms with Crippen LogP contribution >= 0.6 is 0 Å². The van der Waals surface area contributed by atoms with Gasteiger partial charge in [-0.1, -0.05) is 6.92 Å². The first-order chi connectivity index (χ1) is 4.63. The zero-order chi connectivity index (χ0) is 7.72. The molecule has 1 saturated carbocycles. The van der Waals surface area contributed by atoms with E-state index in [1.165, 1.54) is 0 Å². The molecule has 1 aliphatic rings. The van der Waals surface area contributed by atoms with Crippen molar-refractivity contribution in [3.63, 3.8) is 0 Å².